The molecule has 1 spiro atoms. The molecule has 0 radical (unpaired) electrons. The van der Waals surface area contributed by atoms with Crippen LogP contribution in [0.1, 0.15) is 64.5 Å². The number of ether oxygens (including phenoxy) is 1. The zero-order chi connectivity index (χ0) is 21.5. The van der Waals surface area contributed by atoms with E-state index >= 15 is 0 Å². The van der Waals surface area contributed by atoms with Crippen LogP contribution in [-0.4, -0.2) is 49.4 Å². The fourth-order valence-electron chi connectivity index (χ4n) is 6.99. The third kappa shape index (κ3) is 2.73. The number of aliphatic hydroxyl groups excluding tert-OH is 1. The van der Waals surface area contributed by atoms with Gasteiger partial charge in [0.25, 0.3) is 0 Å². The molecule has 1 aromatic carbocycles. The number of rotatable bonds is 1. The molecule has 4 aliphatic rings. The minimum Gasteiger partial charge on any atom is -0.444 e. The Balaban J connectivity index is 1.23. The normalized spacial score (nSPS) is 35.6. The number of hydrogen-bond donors (Lipinski definition) is 1. The Morgan fingerprint density at radius 3 is 2.55 bits per heavy atom. The van der Waals surface area contributed by atoms with Gasteiger partial charge in [0.05, 0.1) is 30.4 Å². The molecule has 6 nitrogen and oxygen atoms in total. The third-order valence-corrected chi connectivity index (χ3v) is 8.11. The molecule has 1 aliphatic carbocycles. The van der Waals surface area contributed by atoms with E-state index in [9.17, 15) is 9.90 Å². The lowest BCUT2D eigenvalue weighted by molar-refractivity contribution is -0.168. The SMILES string of the molecule is CC(C)(C)OC(=O)N1[C@@H]2CC[C@H]1C[C@]1(C[C@@H]([C@@H]3c4ccccc4-c4cncn43)[C@H]1O)C2. The van der Waals surface area contributed by atoms with Gasteiger partial charge in [-0.05, 0) is 58.4 Å². The largest absolute Gasteiger partial charge is 0.444 e. The smallest absolute Gasteiger partial charge is 0.410 e. The summed E-state index contributed by atoms with van der Waals surface area (Å²) < 4.78 is 7.94. The van der Waals surface area contributed by atoms with Crippen LogP contribution in [0.3, 0.4) is 0 Å². The van der Waals surface area contributed by atoms with Crippen molar-refractivity contribution in [2.45, 2.75) is 82.7 Å². The standard InChI is InChI=1S/C25H31N3O3/c1-24(2,3)31-23(30)28-15-8-9-16(28)11-25(10-15)12-19(22(25)29)21-18-7-5-4-6-17(18)20-13-26-14-27(20)21/h4-7,13-16,19,21-22,29H,8-12H2,1-3H3/t15-,16+,19-,21-,22+,25+/m0/s1. The number of benzene rings is 1. The average Bonchev–Trinajstić information content (AvgIpc) is 3.37. The summed E-state index contributed by atoms with van der Waals surface area (Å²) in [6, 6.07) is 9.03. The first kappa shape index (κ1) is 19.4. The number of aromatic nitrogens is 2. The summed E-state index contributed by atoms with van der Waals surface area (Å²) in [7, 11) is 0. The van der Waals surface area contributed by atoms with Crippen LogP contribution in [0.4, 0.5) is 4.79 Å². The molecular formula is C25H31N3O3. The summed E-state index contributed by atoms with van der Waals surface area (Å²) in [6.45, 7) is 5.76. The Bertz CT molecular complexity index is 1020. The summed E-state index contributed by atoms with van der Waals surface area (Å²) in [5.74, 6) is 0.184. The summed E-state index contributed by atoms with van der Waals surface area (Å²) >= 11 is 0. The molecule has 1 aromatic heterocycles. The second-order valence-corrected chi connectivity index (χ2v) is 11.1. The molecule has 2 saturated heterocycles. The van der Waals surface area contributed by atoms with Gasteiger partial charge in [0.1, 0.15) is 5.60 Å². The lowest BCUT2D eigenvalue weighted by atomic mass is 9.51. The molecule has 164 valence electrons. The van der Waals surface area contributed by atoms with Crippen LogP contribution >= 0.6 is 0 Å². The zero-order valence-corrected chi connectivity index (χ0v) is 18.5. The van der Waals surface area contributed by atoms with Crippen LogP contribution in [0.5, 0.6) is 0 Å². The Morgan fingerprint density at radius 2 is 1.87 bits per heavy atom. The molecule has 2 bridgehead atoms. The van der Waals surface area contributed by atoms with Gasteiger partial charge in [-0.15, -0.1) is 0 Å². The van der Waals surface area contributed by atoms with Gasteiger partial charge in [0.15, 0.2) is 0 Å². The lowest BCUT2D eigenvalue weighted by Crippen LogP contribution is -2.62. The number of hydrogen-bond acceptors (Lipinski definition) is 4. The van der Waals surface area contributed by atoms with Gasteiger partial charge in [-0.1, -0.05) is 24.3 Å². The Kier molecular flexibility index (Phi) is 3.96. The van der Waals surface area contributed by atoms with Crippen molar-refractivity contribution in [3.63, 3.8) is 0 Å². The van der Waals surface area contributed by atoms with Gasteiger partial charge in [-0.3, -0.25) is 0 Å². The Labute approximate surface area is 183 Å². The highest BCUT2D eigenvalue weighted by Crippen LogP contribution is 2.63. The molecule has 6 atom stereocenters. The predicted octanol–water partition coefficient (Wildman–Crippen LogP) is 4.38. The van der Waals surface area contributed by atoms with E-state index in [1.165, 1.54) is 11.1 Å². The maximum Gasteiger partial charge on any atom is 0.410 e. The minimum absolute atomic E-state index is 0.0761. The molecular weight excluding hydrogens is 390 g/mol. The molecule has 1 saturated carbocycles. The van der Waals surface area contributed by atoms with E-state index in [4.69, 9.17) is 4.74 Å². The third-order valence-electron chi connectivity index (χ3n) is 8.11. The molecule has 1 N–H and O–H groups in total. The topological polar surface area (TPSA) is 67.6 Å². The van der Waals surface area contributed by atoms with E-state index in [1.807, 2.05) is 38.2 Å². The van der Waals surface area contributed by atoms with Crippen molar-refractivity contribution in [2.75, 3.05) is 0 Å². The first-order valence-corrected chi connectivity index (χ1v) is 11.6. The second kappa shape index (κ2) is 6.35. The average molecular weight is 422 g/mol. The number of fused-ring (bicyclic) bond motifs is 5. The van der Waals surface area contributed by atoms with Crippen molar-refractivity contribution in [3.8, 4) is 11.3 Å². The Hall–Kier alpha value is -2.34. The van der Waals surface area contributed by atoms with Crippen molar-refractivity contribution >= 4 is 6.09 Å². The Morgan fingerprint density at radius 1 is 1.16 bits per heavy atom. The minimum atomic E-state index is -0.481. The molecule has 6 heteroatoms. The van der Waals surface area contributed by atoms with E-state index in [1.54, 1.807) is 0 Å². The van der Waals surface area contributed by atoms with E-state index < -0.39 is 5.60 Å². The fraction of sp³-hybridized carbons (Fsp3) is 0.600. The molecule has 3 fully saturated rings. The number of nitrogens with zero attached hydrogens (tertiary/aromatic N) is 3. The van der Waals surface area contributed by atoms with E-state index in [-0.39, 0.29) is 41.7 Å². The van der Waals surface area contributed by atoms with Gasteiger partial charge >= 0.3 is 6.09 Å². The summed E-state index contributed by atoms with van der Waals surface area (Å²) in [5.41, 5.74) is 3.12. The fourth-order valence-corrected chi connectivity index (χ4v) is 6.99. The van der Waals surface area contributed by atoms with E-state index in [2.05, 4.69) is 33.8 Å². The summed E-state index contributed by atoms with van der Waals surface area (Å²) in [5, 5.41) is 11.5. The number of piperidine rings is 1. The van der Waals surface area contributed by atoms with Crippen molar-refractivity contribution in [1.29, 1.82) is 0 Å². The monoisotopic (exact) mass is 421 g/mol. The number of carbonyl (C=O) groups is 1. The number of imidazole rings is 1. The molecule has 6 rings (SSSR count). The van der Waals surface area contributed by atoms with Crippen molar-refractivity contribution in [3.05, 3.63) is 42.4 Å². The molecule has 3 aliphatic heterocycles. The predicted molar refractivity (Wildman–Crippen MR) is 116 cm³/mol. The number of amides is 1. The van der Waals surface area contributed by atoms with E-state index in [0.717, 1.165) is 37.8 Å². The van der Waals surface area contributed by atoms with Crippen LogP contribution in [-0.2, 0) is 4.74 Å². The van der Waals surface area contributed by atoms with Crippen molar-refractivity contribution in [2.24, 2.45) is 11.3 Å². The van der Waals surface area contributed by atoms with Gasteiger partial charge < -0.3 is 19.3 Å². The molecule has 0 unspecified atom stereocenters. The first-order valence-electron chi connectivity index (χ1n) is 11.6. The summed E-state index contributed by atoms with van der Waals surface area (Å²) in [6.07, 6.45) is 8.08. The highest BCUT2D eigenvalue weighted by Gasteiger charge is 2.63. The first-order chi connectivity index (χ1) is 14.8. The van der Waals surface area contributed by atoms with Gasteiger partial charge in [-0.25, -0.2) is 9.78 Å². The van der Waals surface area contributed by atoms with Crippen LogP contribution in [0.15, 0.2) is 36.8 Å². The zero-order valence-electron chi connectivity index (χ0n) is 18.5. The molecule has 31 heavy (non-hydrogen) atoms. The van der Waals surface area contributed by atoms with E-state index in [0.29, 0.717) is 0 Å². The van der Waals surface area contributed by atoms with Crippen molar-refractivity contribution < 1.29 is 14.6 Å². The maximum atomic E-state index is 12.8. The van der Waals surface area contributed by atoms with Gasteiger partial charge in [0.2, 0.25) is 0 Å². The number of carbonyl (C=O) groups excluding carboxylic acids is 1. The number of aliphatic hydroxyl groups is 1. The van der Waals surface area contributed by atoms with Gasteiger partial charge in [0, 0.05) is 29.0 Å². The molecule has 2 aromatic rings. The quantitative estimate of drug-likeness (QED) is 0.742. The van der Waals surface area contributed by atoms with Crippen LogP contribution in [0.2, 0.25) is 0 Å². The summed E-state index contributed by atoms with van der Waals surface area (Å²) in [4.78, 5) is 19.2. The van der Waals surface area contributed by atoms with Gasteiger partial charge in [-0.2, -0.15) is 0 Å². The maximum absolute atomic E-state index is 12.8. The van der Waals surface area contributed by atoms with Crippen molar-refractivity contribution in [1.82, 2.24) is 14.5 Å². The highest BCUT2D eigenvalue weighted by molar-refractivity contribution is 5.70. The molecule has 4 heterocycles. The second-order valence-electron chi connectivity index (χ2n) is 11.1. The highest BCUT2D eigenvalue weighted by atomic mass is 16.6. The van der Waals surface area contributed by atoms with Crippen LogP contribution in [0, 0.1) is 11.3 Å². The lowest BCUT2D eigenvalue weighted by Gasteiger charge is -2.59. The van der Waals surface area contributed by atoms with Crippen LogP contribution in [0.25, 0.3) is 11.3 Å². The molecule has 1 amide bonds. The van der Waals surface area contributed by atoms with Crippen LogP contribution < -0.4 is 0 Å².